The molecule has 2 aliphatic rings. The van der Waals surface area contributed by atoms with E-state index in [4.69, 9.17) is 0 Å². The number of hydrogen-bond acceptors (Lipinski definition) is 4. The molecule has 5 nitrogen and oxygen atoms in total. The van der Waals surface area contributed by atoms with Gasteiger partial charge in [0.05, 0.1) is 5.75 Å². The molecule has 6 heteroatoms. The molecule has 1 aliphatic carbocycles. The lowest BCUT2D eigenvalue weighted by atomic mass is 10.0. The van der Waals surface area contributed by atoms with Crippen LogP contribution in [-0.2, 0) is 10.0 Å². The third-order valence-corrected chi connectivity index (χ3v) is 5.42. The second kappa shape index (κ2) is 6.32. The lowest BCUT2D eigenvalue weighted by Crippen LogP contribution is -2.38. The van der Waals surface area contributed by atoms with E-state index in [9.17, 15) is 8.42 Å². The predicted octanol–water partition coefficient (Wildman–Crippen LogP) is -0.000400. The van der Waals surface area contributed by atoms with Crippen molar-refractivity contribution in [2.24, 2.45) is 5.92 Å². The Kier molecular flexibility index (Phi) is 5.00. The number of likely N-dealkylation sites (N-methyl/N-ethyl adjacent to an activating group) is 1. The lowest BCUT2D eigenvalue weighted by molar-refractivity contribution is 0.329. The Labute approximate surface area is 110 Å². The zero-order valence-electron chi connectivity index (χ0n) is 11.2. The highest BCUT2D eigenvalue weighted by atomic mass is 32.2. The van der Waals surface area contributed by atoms with Gasteiger partial charge in [0.15, 0.2) is 0 Å². The highest BCUT2D eigenvalue weighted by Gasteiger charge is 2.26. The molecule has 0 amide bonds. The molecule has 2 rings (SSSR count). The van der Waals surface area contributed by atoms with Crippen molar-refractivity contribution in [3.63, 3.8) is 0 Å². The molecule has 0 radical (unpaired) electrons. The smallest absolute Gasteiger partial charge is 0.211 e. The SMILES string of the molecule is CN(CCNS(=O)(=O)CC1CCNCC1)C1CC1. The molecule has 1 aliphatic heterocycles. The molecular formula is C12H25N3O2S. The first-order chi connectivity index (χ1) is 8.57. The minimum absolute atomic E-state index is 0.293. The van der Waals surface area contributed by atoms with Gasteiger partial charge in [-0.3, -0.25) is 0 Å². The monoisotopic (exact) mass is 275 g/mol. The van der Waals surface area contributed by atoms with Gasteiger partial charge in [0.1, 0.15) is 0 Å². The normalized spacial score (nSPS) is 22.6. The molecule has 0 atom stereocenters. The fourth-order valence-corrected chi connectivity index (χ4v) is 3.97. The van der Waals surface area contributed by atoms with E-state index in [2.05, 4.69) is 22.0 Å². The summed E-state index contributed by atoms with van der Waals surface area (Å²) in [5.41, 5.74) is 0. The predicted molar refractivity (Wildman–Crippen MR) is 73.0 cm³/mol. The van der Waals surface area contributed by atoms with E-state index in [1.807, 2.05) is 0 Å². The second-order valence-corrected chi connectivity index (χ2v) is 7.43. The van der Waals surface area contributed by atoms with E-state index < -0.39 is 10.0 Å². The van der Waals surface area contributed by atoms with Crippen molar-refractivity contribution < 1.29 is 8.42 Å². The Morgan fingerprint density at radius 2 is 1.89 bits per heavy atom. The van der Waals surface area contributed by atoms with Crippen LogP contribution < -0.4 is 10.0 Å². The summed E-state index contributed by atoms with van der Waals surface area (Å²) in [6.45, 7) is 3.26. The zero-order chi connectivity index (χ0) is 13.0. The fraction of sp³-hybridized carbons (Fsp3) is 1.00. The molecule has 1 saturated carbocycles. The van der Waals surface area contributed by atoms with Gasteiger partial charge in [0.2, 0.25) is 10.0 Å². The van der Waals surface area contributed by atoms with Crippen LogP contribution in [0.4, 0.5) is 0 Å². The quantitative estimate of drug-likeness (QED) is 0.686. The Morgan fingerprint density at radius 3 is 2.50 bits per heavy atom. The van der Waals surface area contributed by atoms with Gasteiger partial charge >= 0.3 is 0 Å². The van der Waals surface area contributed by atoms with Crippen molar-refractivity contribution in [3.8, 4) is 0 Å². The fourth-order valence-electron chi connectivity index (χ4n) is 2.49. The first-order valence-corrected chi connectivity index (χ1v) is 8.60. The maximum absolute atomic E-state index is 11.9. The van der Waals surface area contributed by atoms with Crippen molar-refractivity contribution in [3.05, 3.63) is 0 Å². The van der Waals surface area contributed by atoms with Gasteiger partial charge in [-0.1, -0.05) is 0 Å². The van der Waals surface area contributed by atoms with Crippen LogP contribution >= 0.6 is 0 Å². The molecule has 2 fully saturated rings. The van der Waals surface area contributed by atoms with Crippen LogP contribution in [0.15, 0.2) is 0 Å². The van der Waals surface area contributed by atoms with Crippen molar-refractivity contribution in [1.29, 1.82) is 0 Å². The van der Waals surface area contributed by atoms with Crippen molar-refractivity contribution in [1.82, 2.24) is 14.9 Å². The number of nitrogens with one attached hydrogen (secondary N) is 2. The van der Waals surface area contributed by atoms with Crippen LogP contribution in [0, 0.1) is 5.92 Å². The maximum Gasteiger partial charge on any atom is 0.211 e. The summed E-state index contributed by atoms with van der Waals surface area (Å²) in [5, 5.41) is 3.26. The summed E-state index contributed by atoms with van der Waals surface area (Å²) in [7, 11) is -1.02. The number of hydrogen-bond donors (Lipinski definition) is 2. The average Bonchev–Trinajstić information content (AvgIpc) is 3.13. The van der Waals surface area contributed by atoms with Crippen molar-refractivity contribution >= 4 is 10.0 Å². The van der Waals surface area contributed by atoms with Crippen molar-refractivity contribution in [2.45, 2.75) is 31.7 Å². The Balaban J connectivity index is 1.65. The average molecular weight is 275 g/mol. The van der Waals surface area contributed by atoms with Crippen molar-refractivity contribution in [2.75, 3.05) is 39.0 Å². The van der Waals surface area contributed by atoms with E-state index >= 15 is 0 Å². The molecule has 0 aromatic heterocycles. The van der Waals surface area contributed by atoms with E-state index in [0.717, 1.165) is 32.5 Å². The van der Waals surface area contributed by atoms with Crippen LogP contribution in [-0.4, -0.2) is 58.3 Å². The molecular weight excluding hydrogens is 250 g/mol. The molecule has 0 unspecified atom stereocenters. The van der Waals surface area contributed by atoms with Gasteiger partial charge in [0, 0.05) is 19.1 Å². The van der Waals surface area contributed by atoms with E-state index in [0.29, 0.717) is 24.3 Å². The largest absolute Gasteiger partial charge is 0.317 e. The molecule has 18 heavy (non-hydrogen) atoms. The van der Waals surface area contributed by atoms with Crippen LogP contribution in [0.25, 0.3) is 0 Å². The number of piperidine rings is 1. The van der Waals surface area contributed by atoms with Gasteiger partial charge in [-0.15, -0.1) is 0 Å². The molecule has 0 bridgehead atoms. The Morgan fingerprint density at radius 1 is 1.22 bits per heavy atom. The lowest BCUT2D eigenvalue weighted by Gasteiger charge is -2.22. The van der Waals surface area contributed by atoms with E-state index in [1.165, 1.54) is 12.8 Å². The highest BCUT2D eigenvalue weighted by Crippen LogP contribution is 2.24. The minimum Gasteiger partial charge on any atom is -0.317 e. The van der Waals surface area contributed by atoms with E-state index in [1.54, 1.807) is 0 Å². The highest BCUT2D eigenvalue weighted by molar-refractivity contribution is 7.89. The summed E-state index contributed by atoms with van der Waals surface area (Å²) >= 11 is 0. The first-order valence-electron chi connectivity index (χ1n) is 6.95. The van der Waals surface area contributed by atoms with Crippen LogP contribution in [0.5, 0.6) is 0 Å². The third kappa shape index (κ3) is 4.84. The Bertz CT molecular complexity index is 348. The summed E-state index contributed by atoms with van der Waals surface area (Å²) < 4.78 is 26.6. The van der Waals surface area contributed by atoms with Crippen LogP contribution in [0.1, 0.15) is 25.7 Å². The summed E-state index contributed by atoms with van der Waals surface area (Å²) in [6, 6.07) is 0.693. The van der Waals surface area contributed by atoms with Gasteiger partial charge in [-0.05, 0) is 51.7 Å². The molecule has 0 spiro atoms. The summed E-state index contributed by atoms with van der Waals surface area (Å²) in [5.74, 6) is 0.617. The number of sulfonamides is 1. The molecule has 0 aromatic carbocycles. The maximum atomic E-state index is 11.9. The number of rotatable bonds is 7. The third-order valence-electron chi connectivity index (χ3n) is 3.87. The number of nitrogens with zero attached hydrogens (tertiary/aromatic N) is 1. The zero-order valence-corrected chi connectivity index (χ0v) is 12.0. The van der Waals surface area contributed by atoms with Crippen LogP contribution in [0.3, 0.4) is 0 Å². The Hall–Kier alpha value is -0.170. The molecule has 1 saturated heterocycles. The van der Waals surface area contributed by atoms with Crippen LogP contribution in [0.2, 0.25) is 0 Å². The van der Waals surface area contributed by atoms with Gasteiger partial charge in [0.25, 0.3) is 0 Å². The summed E-state index contributed by atoms with van der Waals surface area (Å²) in [6.07, 6.45) is 4.47. The molecule has 2 N–H and O–H groups in total. The van der Waals surface area contributed by atoms with Gasteiger partial charge in [-0.25, -0.2) is 13.1 Å². The second-order valence-electron chi connectivity index (χ2n) is 5.58. The van der Waals surface area contributed by atoms with Gasteiger partial charge < -0.3 is 10.2 Å². The molecule has 1 heterocycles. The topological polar surface area (TPSA) is 61.4 Å². The van der Waals surface area contributed by atoms with E-state index in [-0.39, 0.29) is 0 Å². The van der Waals surface area contributed by atoms with Gasteiger partial charge in [-0.2, -0.15) is 0 Å². The minimum atomic E-state index is -3.09. The molecule has 0 aromatic rings. The standard InChI is InChI=1S/C12H25N3O2S/c1-15(12-2-3-12)9-8-14-18(16,17)10-11-4-6-13-7-5-11/h11-14H,2-10H2,1H3. The molecule has 106 valence electrons. The first kappa shape index (κ1) is 14.2. The summed E-state index contributed by atoms with van der Waals surface area (Å²) in [4.78, 5) is 2.24.